The lowest BCUT2D eigenvalue weighted by atomic mass is 9.97. The van der Waals surface area contributed by atoms with Crippen molar-refractivity contribution in [2.75, 3.05) is 18.1 Å². The summed E-state index contributed by atoms with van der Waals surface area (Å²) in [5.74, 6) is -0.300. The standard InChI is InChI=1S/C18H23ClN2O3/c1-12-5-6-14(10-15(12)19)21-17(23)11-16(18(21)24)20-8-3-2-4-13(20)7-9-22/h5-6,10,13,16,22H,2-4,7-9,11H2,1H3/p+1/t13-,16-/m1/s1. The van der Waals surface area contributed by atoms with Crippen LogP contribution in [0.4, 0.5) is 5.69 Å². The van der Waals surface area contributed by atoms with Crippen molar-refractivity contribution in [3.63, 3.8) is 0 Å². The van der Waals surface area contributed by atoms with E-state index in [2.05, 4.69) is 0 Å². The van der Waals surface area contributed by atoms with Crippen LogP contribution in [0.2, 0.25) is 5.02 Å². The lowest BCUT2D eigenvalue weighted by Crippen LogP contribution is -3.20. The topological polar surface area (TPSA) is 62.1 Å². The van der Waals surface area contributed by atoms with E-state index >= 15 is 0 Å². The van der Waals surface area contributed by atoms with E-state index in [0.29, 0.717) is 17.1 Å². The first-order valence-corrected chi connectivity index (χ1v) is 9.00. The average Bonchev–Trinajstić information content (AvgIpc) is 2.86. The van der Waals surface area contributed by atoms with Gasteiger partial charge in [0, 0.05) is 18.1 Å². The maximum Gasteiger partial charge on any atom is 0.292 e. The molecular weight excluding hydrogens is 328 g/mol. The Morgan fingerprint density at radius 3 is 2.83 bits per heavy atom. The first-order chi connectivity index (χ1) is 11.5. The number of hydrogen-bond acceptors (Lipinski definition) is 3. The minimum atomic E-state index is -0.338. The number of halogens is 1. The molecule has 2 aliphatic heterocycles. The first-order valence-electron chi connectivity index (χ1n) is 8.62. The fraction of sp³-hybridized carbons (Fsp3) is 0.556. The summed E-state index contributed by atoms with van der Waals surface area (Å²) in [5, 5.41) is 9.85. The summed E-state index contributed by atoms with van der Waals surface area (Å²) in [6, 6.07) is 5.21. The second-order valence-corrected chi connectivity index (χ2v) is 7.19. The second kappa shape index (κ2) is 7.21. The number of benzene rings is 1. The molecule has 0 bridgehead atoms. The van der Waals surface area contributed by atoms with Crippen molar-refractivity contribution in [1.82, 2.24) is 0 Å². The van der Waals surface area contributed by atoms with Crippen LogP contribution in [0, 0.1) is 6.92 Å². The van der Waals surface area contributed by atoms with Crippen molar-refractivity contribution in [3.05, 3.63) is 28.8 Å². The lowest BCUT2D eigenvalue weighted by Gasteiger charge is -2.35. The van der Waals surface area contributed by atoms with E-state index in [1.165, 1.54) is 4.90 Å². The van der Waals surface area contributed by atoms with Gasteiger partial charge in [0.15, 0.2) is 6.04 Å². The zero-order chi connectivity index (χ0) is 17.3. The normalized spacial score (nSPS) is 27.8. The zero-order valence-electron chi connectivity index (χ0n) is 13.9. The van der Waals surface area contributed by atoms with Crippen LogP contribution in [0.3, 0.4) is 0 Å². The molecule has 0 saturated carbocycles. The van der Waals surface area contributed by atoms with E-state index in [4.69, 9.17) is 11.6 Å². The summed E-state index contributed by atoms with van der Waals surface area (Å²) in [5.41, 5.74) is 1.47. The van der Waals surface area contributed by atoms with Crippen molar-refractivity contribution in [1.29, 1.82) is 0 Å². The minimum absolute atomic E-state index is 0.125. The van der Waals surface area contributed by atoms with Gasteiger partial charge in [-0.1, -0.05) is 17.7 Å². The fourth-order valence-electron chi connectivity index (χ4n) is 3.97. The van der Waals surface area contributed by atoms with Gasteiger partial charge < -0.3 is 10.0 Å². The van der Waals surface area contributed by atoms with Crippen LogP contribution >= 0.6 is 11.6 Å². The molecule has 5 nitrogen and oxygen atoms in total. The van der Waals surface area contributed by atoms with Gasteiger partial charge in [-0.3, -0.25) is 9.59 Å². The summed E-state index contributed by atoms with van der Waals surface area (Å²) in [6.07, 6.45) is 4.11. The van der Waals surface area contributed by atoms with Gasteiger partial charge >= 0.3 is 0 Å². The van der Waals surface area contributed by atoms with Gasteiger partial charge in [-0.25, -0.2) is 4.90 Å². The molecule has 130 valence electrons. The summed E-state index contributed by atoms with van der Waals surface area (Å²) >= 11 is 6.15. The highest BCUT2D eigenvalue weighted by atomic mass is 35.5. The number of rotatable bonds is 4. The summed E-state index contributed by atoms with van der Waals surface area (Å²) in [7, 11) is 0. The highest BCUT2D eigenvalue weighted by Gasteiger charge is 2.48. The number of amides is 2. The van der Waals surface area contributed by atoms with Crippen LogP contribution in [-0.2, 0) is 9.59 Å². The smallest absolute Gasteiger partial charge is 0.292 e. The molecule has 24 heavy (non-hydrogen) atoms. The Balaban J connectivity index is 1.84. The number of nitrogens with zero attached hydrogens (tertiary/aromatic N) is 1. The molecule has 2 N–H and O–H groups in total. The van der Waals surface area contributed by atoms with Gasteiger partial charge in [0.05, 0.1) is 24.7 Å². The van der Waals surface area contributed by atoms with Gasteiger partial charge in [-0.05, 0) is 43.9 Å². The Labute approximate surface area is 147 Å². The molecule has 0 aliphatic carbocycles. The molecule has 0 spiro atoms. The number of hydrogen-bond donors (Lipinski definition) is 2. The number of aliphatic hydroxyl groups excluding tert-OH is 1. The molecule has 3 atom stereocenters. The number of nitrogens with one attached hydrogen (secondary N) is 1. The van der Waals surface area contributed by atoms with Crippen LogP contribution in [0.1, 0.15) is 37.7 Å². The van der Waals surface area contributed by atoms with Crippen molar-refractivity contribution < 1.29 is 19.6 Å². The number of likely N-dealkylation sites (tertiary alicyclic amines) is 1. The van der Waals surface area contributed by atoms with E-state index in [-0.39, 0.29) is 36.9 Å². The molecule has 3 rings (SSSR count). The molecule has 6 heteroatoms. The summed E-state index contributed by atoms with van der Waals surface area (Å²) in [4.78, 5) is 27.9. The van der Waals surface area contributed by atoms with Gasteiger partial charge in [-0.15, -0.1) is 0 Å². The van der Waals surface area contributed by atoms with Crippen LogP contribution in [-0.4, -0.2) is 42.2 Å². The number of aryl methyl sites for hydroxylation is 1. The Hall–Kier alpha value is -1.43. The third kappa shape index (κ3) is 3.21. The van der Waals surface area contributed by atoms with E-state index in [1.54, 1.807) is 12.1 Å². The monoisotopic (exact) mass is 351 g/mol. The van der Waals surface area contributed by atoms with Gasteiger partial charge in [0.25, 0.3) is 5.91 Å². The van der Waals surface area contributed by atoms with Crippen LogP contribution in [0.5, 0.6) is 0 Å². The van der Waals surface area contributed by atoms with E-state index in [9.17, 15) is 14.7 Å². The van der Waals surface area contributed by atoms with E-state index in [0.717, 1.165) is 36.3 Å². The largest absolute Gasteiger partial charge is 0.396 e. The molecule has 1 aromatic rings. The Bertz CT molecular complexity index is 647. The van der Waals surface area contributed by atoms with Crippen LogP contribution < -0.4 is 9.80 Å². The third-order valence-electron chi connectivity index (χ3n) is 5.28. The average molecular weight is 352 g/mol. The molecule has 2 amide bonds. The minimum Gasteiger partial charge on any atom is -0.396 e. The number of carbonyl (C=O) groups is 2. The van der Waals surface area contributed by atoms with Gasteiger partial charge in [0.2, 0.25) is 5.91 Å². The second-order valence-electron chi connectivity index (χ2n) is 6.79. The molecule has 0 aromatic heterocycles. The summed E-state index contributed by atoms with van der Waals surface area (Å²) < 4.78 is 0. The maximum absolute atomic E-state index is 12.9. The van der Waals surface area contributed by atoms with Crippen LogP contribution in [0.15, 0.2) is 18.2 Å². The predicted molar refractivity (Wildman–Crippen MR) is 92.3 cm³/mol. The lowest BCUT2D eigenvalue weighted by molar-refractivity contribution is -0.945. The molecule has 2 saturated heterocycles. The molecule has 1 aromatic carbocycles. The van der Waals surface area contributed by atoms with Crippen LogP contribution in [0.25, 0.3) is 0 Å². The van der Waals surface area contributed by atoms with Gasteiger partial charge in [-0.2, -0.15) is 0 Å². The maximum atomic E-state index is 12.9. The van der Waals surface area contributed by atoms with Crippen molar-refractivity contribution in [3.8, 4) is 0 Å². The number of quaternary nitrogens is 1. The van der Waals surface area contributed by atoms with E-state index in [1.807, 2.05) is 13.0 Å². The molecule has 2 heterocycles. The highest BCUT2D eigenvalue weighted by molar-refractivity contribution is 6.32. The number of imide groups is 1. The van der Waals surface area contributed by atoms with Gasteiger partial charge in [0.1, 0.15) is 0 Å². The number of piperidine rings is 1. The molecule has 0 radical (unpaired) electrons. The Kier molecular flexibility index (Phi) is 5.23. The van der Waals surface area contributed by atoms with Crippen molar-refractivity contribution in [2.45, 2.75) is 51.1 Å². The van der Waals surface area contributed by atoms with Crippen molar-refractivity contribution >= 4 is 29.1 Å². The highest BCUT2D eigenvalue weighted by Crippen LogP contribution is 2.27. The fourth-order valence-corrected chi connectivity index (χ4v) is 4.14. The number of aliphatic hydroxyl groups is 1. The quantitative estimate of drug-likeness (QED) is 0.799. The van der Waals surface area contributed by atoms with Crippen molar-refractivity contribution in [2.24, 2.45) is 0 Å². The molecular formula is C18H24ClN2O3+. The predicted octanol–water partition coefficient (Wildman–Crippen LogP) is 1.10. The molecule has 1 unspecified atom stereocenters. The first kappa shape index (κ1) is 17.4. The van der Waals surface area contributed by atoms with E-state index < -0.39 is 0 Å². The SMILES string of the molecule is Cc1ccc(N2C(=O)C[C@@H]([NH+]3CCCC[C@@H]3CCO)C2=O)cc1Cl. The number of anilines is 1. The molecule has 2 fully saturated rings. The Morgan fingerprint density at radius 1 is 1.33 bits per heavy atom. The third-order valence-corrected chi connectivity index (χ3v) is 5.69. The zero-order valence-corrected chi connectivity index (χ0v) is 14.7. The molecule has 2 aliphatic rings. The summed E-state index contributed by atoms with van der Waals surface area (Å²) in [6.45, 7) is 2.90. The number of carbonyl (C=O) groups excluding carboxylic acids is 2. The Morgan fingerprint density at radius 2 is 2.12 bits per heavy atom.